The van der Waals surface area contributed by atoms with E-state index >= 15 is 0 Å². The lowest BCUT2D eigenvalue weighted by molar-refractivity contribution is -0.145. The number of methoxy groups -OCH3 is 1. The summed E-state index contributed by atoms with van der Waals surface area (Å²) < 4.78 is 16.2. The smallest absolute Gasteiger partial charge is 0.410 e. The quantitative estimate of drug-likeness (QED) is 0.345. The van der Waals surface area contributed by atoms with Gasteiger partial charge in [-0.2, -0.15) is 0 Å². The van der Waals surface area contributed by atoms with Crippen molar-refractivity contribution in [2.24, 2.45) is 5.92 Å². The van der Waals surface area contributed by atoms with Crippen LogP contribution in [0.5, 0.6) is 5.75 Å². The lowest BCUT2D eigenvalue weighted by Crippen LogP contribution is -2.44. The normalized spacial score (nSPS) is 14.2. The summed E-state index contributed by atoms with van der Waals surface area (Å²) in [6, 6.07) is 26.1. The Balaban J connectivity index is 1.21. The van der Waals surface area contributed by atoms with Gasteiger partial charge in [0.1, 0.15) is 25.0 Å². The minimum atomic E-state index is -0.790. The molecule has 0 saturated carbocycles. The van der Waals surface area contributed by atoms with Crippen LogP contribution in [0.3, 0.4) is 0 Å². The van der Waals surface area contributed by atoms with E-state index in [1.54, 1.807) is 4.90 Å². The van der Waals surface area contributed by atoms with Crippen LogP contribution in [-0.2, 0) is 38.7 Å². The van der Waals surface area contributed by atoms with Crippen molar-refractivity contribution < 1.29 is 28.6 Å². The van der Waals surface area contributed by atoms with Gasteiger partial charge in [-0.3, -0.25) is 4.79 Å². The topological polar surface area (TPSA) is 94.2 Å². The second-order valence-corrected chi connectivity index (χ2v) is 9.94. The minimum Gasteiger partial charge on any atom is -0.489 e. The van der Waals surface area contributed by atoms with Crippen LogP contribution in [0.4, 0.5) is 4.79 Å². The third kappa shape index (κ3) is 8.86. The van der Waals surface area contributed by atoms with Gasteiger partial charge < -0.3 is 24.4 Å². The van der Waals surface area contributed by atoms with E-state index in [2.05, 4.69) is 5.32 Å². The molecule has 210 valence electrons. The Hall–Kier alpha value is -4.33. The molecule has 1 fully saturated rings. The van der Waals surface area contributed by atoms with Crippen molar-refractivity contribution >= 4 is 18.0 Å². The molecule has 1 aliphatic heterocycles. The second-order valence-electron chi connectivity index (χ2n) is 9.94. The number of benzene rings is 3. The van der Waals surface area contributed by atoms with Gasteiger partial charge in [0.15, 0.2) is 0 Å². The highest BCUT2D eigenvalue weighted by Gasteiger charge is 2.27. The fourth-order valence-corrected chi connectivity index (χ4v) is 4.68. The van der Waals surface area contributed by atoms with Crippen LogP contribution in [0.2, 0.25) is 0 Å². The molecule has 40 heavy (non-hydrogen) atoms. The molecule has 2 amide bonds. The number of carbonyl (C=O) groups is 3. The fraction of sp³-hybridized carbons (Fsp3) is 0.344. The van der Waals surface area contributed by atoms with Gasteiger partial charge >= 0.3 is 12.1 Å². The van der Waals surface area contributed by atoms with Gasteiger partial charge in [0.05, 0.1) is 7.11 Å². The Labute approximate surface area is 235 Å². The Bertz CT molecular complexity index is 1230. The van der Waals surface area contributed by atoms with Crippen molar-refractivity contribution in [2.45, 2.75) is 44.9 Å². The molecular weight excluding hydrogens is 508 g/mol. The van der Waals surface area contributed by atoms with Gasteiger partial charge in [-0.25, -0.2) is 9.59 Å². The summed E-state index contributed by atoms with van der Waals surface area (Å²) in [4.78, 5) is 39.4. The van der Waals surface area contributed by atoms with Crippen molar-refractivity contribution in [3.8, 4) is 5.75 Å². The van der Waals surface area contributed by atoms with E-state index in [-0.39, 0.29) is 30.9 Å². The number of nitrogens with one attached hydrogen (secondary N) is 1. The van der Waals surface area contributed by atoms with Crippen LogP contribution in [0.1, 0.15) is 36.0 Å². The summed E-state index contributed by atoms with van der Waals surface area (Å²) in [5.41, 5.74) is 2.90. The number of hydrogen-bond donors (Lipinski definition) is 1. The number of ether oxygens (including phenoxy) is 3. The molecule has 4 rings (SSSR count). The number of amides is 2. The summed E-state index contributed by atoms with van der Waals surface area (Å²) in [7, 11) is 1.31. The zero-order chi connectivity index (χ0) is 28.2. The Morgan fingerprint density at radius 2 is 1.43 bits per heavy atom. The summed E-state index contributed by atoms with van der Waals surface area (Å²) in [5.74, 6) is 0.149. The molecule has 0 aromatic heterocycles. The van der Waals surface area contributed by atoms with Crippen molar-refractivity contribution in [2.75, 3.05) is 20.2 Å². The van der Waals surface area contributed by atoms with Gasteiger partial charge in [-0.05, 0) is 47.6 Å². The summed E-state index contributed by atoms with van der Waals surface area (Å²) in [6.07, 6.45) is 1.65. The average molecular weight is 545 g/mol. The first-order valence-electron chi connectivity index (χ1n) is 13.6. The molecule has 8 heteroatoms. The van der Waals surface area contributed by atoms with Crippen LogP contribution in [-0.4, -0.2) is 49.1 Å². The van der Waals surface area contributed by atoms with Crippen molar-refractivity contribution in [1.29, 1.82) is 0 Å². The Morgan fingerprint density at radius 1 is 0.825 bits per heavy atom. The van der Waals surface area contributed by atoms with E-state index < -0.39 is 12.0 Å². The van der Waals surface area contributed by atoms with Crippen molar-refractivity contribution in [3.05, 3.63) is 102 Å². The lowest BCUT2D eigenvalue weighted by atomic mass is 9.93. The molecule has 1 atom stereocenters. The van der Waals surface area contributed by atoms with Gasteiger partial charge in [0.2, 0.25) is 5.91 Å². The van der Waals surface area contributed by atoms with Crippen LogP contribution >= 0.6 is 0 Å². The van der Waals surface area contributed by atoms with Gasteiger partial charge in [0, 0.05) is 25.9 Å². The van der Waals surface area contributed by atoms with Crippen LogP contribution in [0.25, 0.3) is 0 Å². The van der Waals surface area contributed by atoms with Gasteiger partial charge in [-0.1, -0.05) is 72.8 Å². The molecule has 1 N–H and O–H groups in total. The standard InChI is InChI=1S/C32H36N2O6/c1-38-31(36)29(20-24-12-14-28(15-13-24)39-22-26-8-4-2-5-9-26)33-30(35)21-25-16-18-34(19-17-25)32(37)40-23-27-10-6-3-7-11-27/h2-15,25,29H,16-23H2,1H3,(H,33,35)/t29-/m0/s1. The molecule has 3 aromatic carbocycles. The van der Waals surface area contributed by atoms with E-state index in [0.717, 1.165) is 22.4 Å². The average Bonchev–Trinajstić information content (AvgIpc) is 3.00. The minimum absolute atomic E-state index is 0.123. The van der Waals surface area contributed by atoms with E-state index in [1.165, 1.54) is 7.11 Å². The number of hydrogen-bond acceptors (Lipinski definition) is 6. The number of piperidine rings is 1. The fourth-order valence-electron chi connectivity index (χ4n) is 4.68. The molecule has 1 heterocycles. The summed E-state index contributed by atoms with van der Waals surface area (Å²) in [5, 5.41) is 2.85. The second kappa shape index (κ2) is 14.7. The summed E-state index contributed by atoms with van der Waals surface area (Å²) in [6.45, 7) is 1.77. The number of likely N-dealkylation sites (tertiary alicyclic amines) is 1. The van der Waals surface area contributed by atoms with Gasteiger partial charge in [0.25, 0.3) is 0 Å². The maximum atomic E-state index is 12.8. The van der Waals surface area contributed by atoms with Crippen LogP contribution in [0.15, 0.2) is 84.9 Å². The third-order valence-electron chi connectivity index (χ3n) is 6.98. The zero-order valence-corrected chi connectivity index (χ0v) is 22.8. The number of esters is 1. The van der Waals surface area contributed by atoms with Gasteiger partial charge in [-0.15, -0.1) is 0 Å². The molecule has 0 radical (unpaired) electrons. The molecule has 1 saturated heterocycles. The van der Waals surface area contributed by atoms with E-state index in [1.807, 2.05) is 84.9 Å². The van der Waals surface area contributed by atoms with Crippen LogP contribution < -0.4 is 10.1 Å². The monoisotopic (exact) mass is 544 g/mol. The largest absolute Gasteiger partial charge is 0.489 e. The zero-order valence-electron chi connectivity index (χ0n) is 22.8. The Morgan fingerprint density at radius 3 is 2.02 bits per heavy atom. The molecule has 0 spiro atoms. The maximum Gasteiger partial charge on any atom is 0.410 e. The molecule has 3 aromatic rings. The molecule has 8 nitrogen and oxygen atoms in total. The number of nitrogens with zero attached hydrogens (tertiary/aromatic N) is 1. The first-order chi connectivity index (χ1) is 19.5. The van der Waals surface area contributed by atoms with E-state index in [0.29, 0.717) is 39.0 Å². The molecule has 1 aliphatic rings. The van der Waals surface area contributed by atoms with Crippen molar-refractivity contribution in [3.63, 3.8) is 0 Å². The van der Waals surface area contributed by atoms with Crippen molar-refractivity contribution in [1.82, 2.24) is 10.2 Å². The number of rotatable bonds is 11. The predicted octanol–water partition coefficient (Wildman–Crippen LogP) is 4.90. The molecule has 0 aliphatic carbocycles. The number of carbonyl (C=O) groups excluding carboxylic acids is 3. The highest BCUT2D eigenvalue weighted by atomic mass is 16.6. The first-order valence-corrected chi connectivity index (χ1v) is 13.6. The Kier molecular flexibility index (Phi) is 10.6. The highest BCUT2D eigenvalue weighted by Crippen LogP contribution is 2.22. The molecule has 0 unspecified atom stereocenters. The predicted molar refractivity (Wildman–Crippen MR) is 150 cm³/mol. The van der Waals surface area contributed by atoms with Crippen LogP contribution in [0, 0.1) is 5.92 Å². The highest BCUT2D eigenvalue weighted by molar-refractivity contribution is 5.84. The molecular formula is C32H36N2O6. The SMILES string of the molecule is COC(=O)[C@H](Cc1ccc(OCc2ccccc2)cc1)NC(=O)CC1CCN(C(=O)OCc2ccccc2)CC1. The summed E-state index contributed by atoms with van der Waals surface area (Å²) >= 11 is 0. The third-order valence-corrected chi connectivity index (χ3v) is 6.98. The molecule has 0 bridgehead atoms. The van der Waals surface area contributed by atoms with E-state index in [4.69, 9.17) is 14.2 Å². The first kappa shape index (κ1) is 28.7. The lowest BCUT2D eigenvalue weighted by Gasteiger charge is -2.31. The van der Waals surface area contributed by atoms with E-state index in [9.17, 15) is 14.4 Å². The maximum absolute atomic E-state index is 12.8.